The lowest BCUT2D eigenvalue weighted by atomic mass is 9.96. The minimum Gasteiger partial charge on any atom is -0.308 e. The fourth-order valence-corrected chi connectivity index (χ4v) is 7.11. The summed E-state index contributed by atoms with van der Waals surface area (Å²) >= 11 is 3.11. The third-order valence-corrected chi connectivity index (χ3v) is 8.50. The van der Waals surface area contributed by atoms with Crippen molar-refractivity contribution in [3.63, 3.8) is 0 Å². The van der Waals surface area contributed by atoms with Crippen molar-refractivity contribution in [3.8, 4) is 11.1 Å². The second kappa shape index (κ2) is 8.94. The number of nitrogens with zero attached hydrogens (tertiary/aromatic N) is 3. The summed E-state index contributed by atoms with van der Waals surface area (Å²) in [7, 11) is 0. The van der Waals surface area contributed by atoms with Crippen LogP contribution in [0.1, 0.15) is 56.9 Å². The van der Waals surface area contributed by atoms with Gasteiger partial charge < -0.3 is 9.88 Å². The van der Waals surface area contributed by atoms with Crippen LogP contribution in [0, 0.1) is 39.0 Å². The number of aryl methyl sites for hydroxylation is 4. The summed E-state index contributed by atoms with van der Waals surface area (Å²) in [6, 6.07) is 10.7. The molecule has 3 heterocycles. The smallest absolute Gasteiger partial charge is 0.264 e. The Morgan fingerprint density at radius 1 is 1.09 bits per heavy atom. The summed E-state index contributed by atoms with van der Waals surface area (Å²) in [6.07, 6.45) is 6.32. The minimum absolute atomic E-state index is 0.137. The van der Waals surface area contributed by atoms with Gasteiger partial charge in [0.1, 0.15) is 11.1 Å². The maximum atomic E-state index is 12.7. The molecule has 0 atom stereocenters. The molecule has 0 spiro atoms. The Morgan fingerprint density at radius 2 is 1.82 bits per heavy atom. The Labute approximate surface area is 208 Å². The summed E-state index contributed by atoms with van der Waals surface area (Å²) in [6.45, 7) is 8.20. The van der Waals surface area contributed by atoms with E-state index in [4.69, 9.17) is 0 Å². The molecule has 1 aromatic carbocycles. The first-order chi connectivity index (χ1) is 16.3. The predicted octanol–water partition coefficient (Wildman–Crippen LogP) is 6.41. The van der Waals surface area contributed by atoms with E-state index in [-0.39, 0.29) is 5.91 Å². The van der Waals surface area contributed by atoms with Crippen molar-refractivity contribution in [2.24, 2.45) is 4.99 Å². The molecule has 3 aromatic rings. The Kier molecular flexibility index (Phi) is 5.97. The van der Waals surface area contributed by atoms with Gasteiger partial charge >= 0.3 is 0 Å². The summed E-state index contributed by atoms with van der Waals surface area (Å²) in [5.74, 6) is -0.137. The number of hydrogen-bond acceptors (Lipinski definition) is 5. The summed E-state index contributed by atoms with van der Waals surface area (Å²) < 4.78 is 2.18. The highest BCUT2D eigenvalue weighted by atomic mass is 32.2. The van der Waals surface area contributed by atoms with Gasteiger partial charge in [-0.2, -0.15) is 5.26 Å². The number of nitrogens with one attached hydrogen (secondary N) is 1. The van der Waals surface area contributed by atoms with Gasteiger partial charge in [0.2, 0.25) is 0 Å². The number of hydrogen-bond donors (Lipinski definition) is 1. The molecule has 0 radical (unpaired) electrons. The number of nitriles is 1. The highest BCUT2D eigenvalue weighted by Crippen LogP contribution is 2.39. The number of aliphatic imine (C=N–C) groups is 1. The van der Waals surface area contributed by atoms with Crippen LogP contribution in [0.25, 0.3) is 11.1 Å². The molecule has 1 N–H and O–H groups in total. The first-order valence-corrected chi connectivity index (χ1v) is 13.1. The fourth-order valence-electron chi connectivity index (χ4n) is 4.82. The van der Waals surface area contributed by atoms with Gasteiger partial charge in [0.25, 0.3) is 5.91 Å². The van der Waals surface area contributed by atoms with Gasteiger partial charge in [0.15, 0.2) is 5.17 Å². The SMILES string of the molecule is Cc1cc(C)cc(N=C2NC(=O)/C(=C/c3cc(C)n(-c4sc5c(c4C#N)CCCC5)c3C)S2)c1. The number of thioether (sulfide) groups is 1. The van der Waals surface area contributed by atoms with Crippen molar-refractivity contribution in [1.29, 1.82) is 5.26 Å². The third-order valence-electron chi connectivity index (χ3n) is 6.31. The Balaban J connectivity index is 1.49. The van der Waals surface area contributed by atoms with Crippen LogP contribution in [0.15, 0.2) is 34.2 Å². The molecule has 0 saturated carbocycles. The van der Waals surface area contributed by atoms with Crippen molar-refractivity contribution >= 4 is 45.9 Å². The van der Waals surface area contributed by atoms with Crippen molar-refractivity contribution < 1.29 is 4.79 Å². The van der Waals surface area contributed by atoms with Crippen LogP contribution in [0.2, 0.25) is 0 Å². The quantitative estimate of drug-likeness (QED) is 0.435. The number of carbonyl (C=O) groups excluding carboxylic acids is 1. The van der Waals surface area contributed by atoms with Gasteiger partial charge in [-0.25, -0.2) is 4.99 Å². The normalized spacial score (nSPS) is 17.8. The molecule has 1 fully saturated rings. The maximum Gasteiger partial charge on any atom is 0.264 e. The van der Waals surface area contributed by atoms with Gasteiger partial charge in [0.05, 0.1) is 16.2 Å². The number of amides is 1. The Bertz CT molecular complexity index is 1410. The molecule has 5 nitrogen and oxygen atoms in total. The van der Waals surface area contributed by atoms with Gasteiger partial charge in [0, 0.05) is 16.3 Å². The van der Waals surface area contributed by atoms with E-state index in [0.29, 0.717) is 10.1 Å². The molecular weight excluding hydrogens is 460 g/mol. The first-order valence-electron chi connectivity index (χ1n) is 11.5. The molecule has 0 bridgehead atoms. The van der Waals surface area contributed by atoms with Crippen LogP contribution in [0.4, 0.5) is 5.69 Å². The van der Waals surface area contributed by atoms with Crippen LogP contribution < -0.4 is 5.32 Å². The zero-order valence-corrected chi connectivity index (χ0v) is 21.4. The van der Waals surface area contributed by atoms with E-state index in [0.717, 1.165) is 63.6 Å². The number of benzene rings is 1. The van der Waals surface area contributed by atoms with E-state index in [9.17, 15) is 10.1 Å². The lowest BCUT2D eigenvalue weighted by Crippen LogP contribution is -2.19. The van der Waals surface area contributed by atoms with Crippen LogP contribution in [0.5, 0.6) is 0 Å². The molecule has 1 saturated heterocycles. The average molecular weight is 487 g/mol. The summed E-state index contributed by atoms with van der Waals surface area (Å²) in [4.78, 5) is 19.3. The second-order valence-corrected chi connectivity index (χ2v) is 11.1. The van der Waals surface area contributed by atoms with Gasteiger partial charge in [-0.15, -0.1) is 11.3 Å². The second-order valence-electron chi connectivity index (χ2n) is 8.99. The number of fused-ring (bicyclic) bond motifs is 1. The number of carbonyl (C=O) groups is 1. The Morgan fingerprint density at radius 3 is 2.56 bits per heavy atom. The molecule has 2 aromatic heterocycles. The molecule has 1 aliphatic heterocycles. The number of rotatable bonds is 3. The fraction of sp³-hybridized carbons (Fsp3) is 0.296. The topological polar surface area (TPSA) is 70.2 Å². The molecule has 2 aliphatic rings. The molecule has 1 aliphatic carbocycles. The third kappa shape index (κ3) is 4.13. The minimum atomic E-state index is -0.137. The summed E-state index contributed by atoms with van der Waals surface area (Å²) in [5.41, 5.74) is 8.26. The molecule has 1 amide bonds. The zero-order chi connectivity index (χ0) is 24.0. The number of amidine groups is 1. The van der Waals surface area contributed by atoms with E-state index in [1.54, 1.807) is 11.3 Å². The van der Waals surface area contributed by atoms with E-state index >= 15 is 0 Å². The van der Waals surface area contributed by atoms with E-state index in [1.807, 2.05) is 32.1 Å². The van der Waals surface area contributed by atoms with Crippen LogP contribution >= 0.6 is 23.1 Å². The molecular formula is C27H26N4OS2. The zero-order valence-electron chi connectivity index (χ0n) is 19.8. The maximum absolute atomic E-state index is 12.7. The molecule has 7 heteroatoms. The number of aromatic nitrogens is 1. The standard InChI is InChI=1S/C27H26N4OS2/c1-15-9-16(2)11-20(10-15)29-27-30-25(32)24(34-27)13-19-12-17(3)31(18(19)4)26-22(14-28)21-7-5-6-8-23(21)33-26/h9-13H,5-8H2,1-4H3,(H,29,30,32)/b24-13-. The van der Waals surface area contributed by atoms with E-state index in [2.05, 4.69) is 46.9 Å². The Hall–Kier alpha value is -3.08. The molecule has 172 valence electrons. The van der Waals surface area contributed by atoms with Crippen LogP contribution in [0.3, 0.4) is 0 Å². The lowest BCUT2D eigenvalue weighted by Gasteiger charge is -2.10. The average Bonchev–Trinajstić information content (AvgIpc) is 3.40. The largest absolute Gasteiger partial charge is 0.308 e. The van der Waals surface area contributed by atoms with Crippen LogP contribution in [-0.4, -0.2) is 15.6 Å². The van der Waals surface area contributed by atoms with Crippen molar-refractivity contribution in [3.05, 3.63) is 73.3 Å². The lowest BCUT2D eigenvalue weighted by molar-refractivity contribution is -0.115. The molecule has 34 heavy (non-hydrogen) atoms. The van der Waals surface area contributed by atoms with E-state index in [1.165, 1.54) is 28.6 Å². The highest BCUT2D eigenvalue weighted by Gasteiger charge is 2.26. The van der Waals surface area contributed by atoms with Crippen molar-refractivity contribution in [2.45, 2.75) is 53.4 Å². The highest BCUT2D eigenvalue weighted by molar-refractivity contribution is 8.18. The van der Waals surface area contributed by atoms with Gasteiger partial charge in [-0.3, -0.25) is 4.79 Å². The first kappa shape index (κ1) is 22.7. The predicted molar refractivity (Wildman–Crippen MR) is 141 cm³/mol. The van der Waals surface area contributed by atoms with Crippen molar-refractivity contribution in [1.82, 2.24) is 9.88 Å². The number of thiophene rings is 1. The monoisotopic (exact) mass is 486 g/mol. The van der Waals surface area contributed by atoms with Crippen molar-refractivity contribution in [2.75, 3.05) is 0 Å². The molecule has 5 rings (SSSR count). The molecule has 0 unspecified atom stereocenters. The van der Waals surface area contributed by atoms with Gasteiger partial charge in [-0.1, -0.05) is 6.07 Å². The van der Waals surface area contributed by atoms with E-state index < -0.39 is 0 Å². The van der Waals surface area contributed by atoms with Crippen LogP contribution in [-0.2, 0) is 17.6 Å². The van der Waals surface area contributed by atoms with Gasteiger partial charge in [-0.05, 0) is 112 Å². The summed E-state index contributed by atoms with van der Waals surface area (Å²) in [5, 5.41) is 14.4.